The molecule has 0 fully saturated rings. The van der Waals surface area contributed by atoms with Crippen LogP contribution in [0, 0.1) is 0 Å². The normalized spacial score (nSPS) is 10.4. The van der Waals surface area contributed by atoms with E-state index in [2.05, 4.69) is 15.5 Å². The Morgan fingerprint density at radius 1 is 1.18 bits per heavy atom. The molecule has 10 heteroatoms. The summed E-state index contributed by atoms with van der Waals surface area (Å²) in [5.74, 6) is -1.95. The number of nitrogens with zero attached hydrogens (tertiary/aromatic N) is 1. The number of rotatable bonds is 6. The quantitative estimate of drug-likeness (QED) is 0.592. The van der Waals surface area contributed by atoms with E-state index in [9.17, 15) is 14.4 Å². The van der Waals surface area contributed by atoms with Crippen molar-refractivity contribution in [2.24, 2.45) is 0 Å². The van der Waals surface area contributed by atoms with E-state index in [-0.39, 0.29) is 16.3 Å². The van der Waals surface area contributed by atoms with E-state index < -0.39 is 24.5 Å². The zero-order valence-electron chi connectivity index (χ0n) is 14.5. The standard InChI is InChI=1S/C18H14ClN3O5S/c1-26-18(25)15-11(10-4-2-3-5-12(10)19)9-28-16(15)21-14(23)8-27-17(24)13-6-7-20-22-13/h2-7,9H,8H2,1H3,(H,20,22)(H,21,23). The first kappa shape index (κ1) is 19.6. The molecular formula is C18H14ClN3O5S. The maximum Gasteiger partial charge on any atom is 0.356 e. The number of methoxy groups -OCH3 is 1. The number of hydrogen-bond acceptors (Lipinski definition) is 7. The average Bonchev–Trinajstić information content (AvgIpc) is 3.36. The largest absolute Gasteiger partial charge is 0.465 e. The fourth-order valence-corrected chi connectivity index (χ4v) is 3.58. The monoisotopic (exact) mass is 419 g/mol. The molecule has 0 bridgehead atoms. The first-order valence-electron chi connectivity index (χ1n) is 7.92. The lowest BCUT2D eigenvalue weighted by Crippen LogP contribution is -2.21. The lowest BCUT2D eigenvalue weighted by atomic mass is 10.0. The maximum absolute atomic E-state index is 12.3. The van der Waals surface area contributed by atoms with Crippen molar-refractivity contribution in [2.75, 3.05) is 19.0 Å². The predicted octanol–water partition coefficient (Wildman–Crippen LogP) is 3.37. The molecule has 8 nitrogen and oxygen atoms in total. The Morgan fingerprint density at radius 3 is 2.64 bits per heavy atom. The molecule has 28 heavy (non-hydrogen) atoms. The minimum Gasteiger partial charge on any atom is -0.465 e. The molecule has 0 spiro atoms. The summed E-state index contributed by atoms with van der Waals surface area (Å²) in [7, 11) is 1.24. The number of benzene rings is 1. The van der Waals surface area contributed by atoms with Gasteiger partial charge in [0, 0.05) is 27.7 Å². The van der Waals surface area contributed by atoms with Gasteiger partial charge in [-0.05, 0) is 12.1 Å². The van der Waals surface area contributed by atoms with Crippen LogP contribution in [0.5, 0.6) is 0 Å². The van der Waals surface area contributed by atoms with E-state index in [0.29, 0.717) is 16.1 Å². The van der Waals surface area contributed by atoms with Crippen LogP contribution in [0.25, 0.3) is 11.1 Å². The third-order valence-corrected chi connectivity index (χ3v) is 4.88. The second-order valence-corrected chi connectivity index (χ2v) is 6.71. The molecule has 3 aromatic rings. The van der Waals surface area contributed by atoms with Crippen molar-refractivity contribution < 1.29 is 23.9 Å². The molecule has 1 aromatic carbocycles. The SMILES string of the molecule is COC(=O)c1c(-c2ccccc2Cl)csc1NC(=O)COC(=O)c1ccn[nH]1. The summed E-state index contributed by atoms with van der Waals surface area (Å²) in [4.78, 5) is 36.2. The van der Waals surface area contributed by atoms with Gasteiger partial charge in [0.05, 0.1) is 7.11 Å². The van der Waals surface area contributed by atoms with Gasteiger partial charge >= 0.3 is 11.9 Å². The number of ether oxygens (including phenoxy) is 2. The first-order valence-corrected chi connectivity index (χ1v) is 9.18. The van der Waals surface area contributed by atoms with Gasteiger partial charge in [0.15, 0.2) is 6.61 Å². The van der Waals surface area contributed by atoms with Gasteiger partial charge in [0.2, 0.25) is 0 Å². The number of esters is 2. The van der Waals surface area contributed by atoms with E-state index in [1.54, 1.807) is 29.6 Å². The van der Waals surface area contributed by atoms with Crippen LogP contribution in [0.1, 0.15) is 20.8 Å². The molecule has 0 atom stereocenters. The summed E-state index contributed by atoms with van der Waals surface area (Å²) in [6.45, 7) is -0.530. The third kappa shape index (κ3) is 4.21. The summed E-state index contributed by atoms with van der Waals surface area (Å²) in [6.07, 6.45) is 1.39. The number of carbonyl (C=O) groups excluding carboxylic acids is 3. The second-order valence-electron chi connectivity index (χ2n) is 5.42. The van der Waals surface area contributed by atoms with Crippen molar-refractivity contribution in [3.8, 4) is 11.1 Å². The highest BCUT2D eigenvalue weighted by Gasteiger charge is 2.23. The van der Waals surface area contributed by atoms with E-state index in [4.69, 9.17) is 21.1 Å². The van der Waals surface area contributed by atoms with Crippen LogP contribution in [0.4, 0.5) is 5.00 Å². The second kappa shape index (κ2) is 8.68. The smallest absolute Gasteiger partial charge is 0.356 e. The number of anilines is 1. The minimum atomic E-state index is -0.719. The Kier molecular flexibility index (Phi) is 6.07. The number of H-pyrrole nitrogens is 1. The summed E-state index contributed by atoms with van der Waals surface area (Å²) in [5.41, 5.74) is 1.47. The number of halogens is 1. The number of hydrogen-bond donors (Lipinski definition) is 2. The molecule has 3 rings (SSSR count). The number of nitrogens with one attached hydrogen (secondary N) is 2. The number of carbonyl (C=O) groups is 3. The fraction of sp³-hybridized carbons (Fsp3) is 0.111. The Morgan fingerprint density at radius 2 is 1.96 bits per heavy atom. The van der Waals surface area contributed by atoms with Crippen molar-refractivity contribution in [3.63, 3.8) is 0 Å². The molecule has 0 aliphatic heterocycles. The Hall–Kier alpha value is -3.17. The Labute approximate surface area is 168 Å². The first-order chi connectivity index (χ1) is 13.5. The molecule has 0 radical (unpaired) electrons. The van der Waals surface area contributed by atoms with Crippen LogP contribution in [-0.4, -0.2) is 41.8 Å². The van der Waals surface area contributed by atoms with Crippen LogP contribution >= 0.6 is 22.9 Å². The molecule has 2 aromatic heterocycles. The van der Waals surface area contributed by atoms with E-state index >= 15 is 0 Å². The van der Waals surface area contributed by atoms with Crippen molar-refractivity contribution >= 4 is 45.8 Å². The van der Waals surface area contributed by atoms with Gasteiger partial charge in [0.1, 0.15) is 16.3 Å². The van der Waals surface area contributed by atoms with Gasteiger partial charge < -0.3 is 14.8 Å². The van der Waals surface area contributed by atoms with Gasteiger partial charge in [-0.3, -0.25) is 9.89 Å². The van der Waals surface area contributed by atoms with Gasteiger partial charge in [-0.25, -0.2) is 9.59 Å². The molecule has 0 unspecified atom stereocenters. The van der Waals surface area contributed by atoms with Crippen molar-refractivity contribution in [1.29, 1.82) is 0 Å². The summed E-state index contributed by atoms with van der Waals surface area (Å²) >= 11 is 7.36. The summed E-state index contributed by atoms with van der Waals surface area (Å²) in [5, 5.41) is 11.1. The fourth-order valence-electron chi connectivity index (χ4n) is 2.37. The highest BCUT2D eigenvalue weighted by molar-refractivity contribution is 7.15. The zero-order chi connectivity index (χ0) is 20.1. The molecule has 2 N–H and O–H groups in total. The molecule has 2 heterocycles. The van der Waals surface area contributed by atoms with E-state index in [1.165, 1.54) is 19.4 Å². The van der Waals surface area contributed by atoms with Crippen LogP contribution in [0.2, 0.25) is 5.02 Å². The van der Waals surface area contributed by atoms with E-state index in [1.807, 2.05) is 0 Å². The van der Waals surface area contributed by atoms with Crippen LogP contribution in [-0.2, 0) is 14.3 Å². The molecule has 0 aliphatic carbocycles. The van der Waals surface area contributed by atoms with Gasteiger partial charge in [-0.15, -0.1) is 11.3 Å². The topological polar surface area (TPSA) is 110 Å². The lowest BCUT2D eigenvalue weighted by molar-refractivity contribution is -0.119. The van der Waals surface area contributed by atoms with Crippen LogP contribution in [0.15, 0.2) is 41.9 Å². The van der Waals surface area contributed by atoms with Crippen molar-refractivity contribution in [1.82, 2.24) is 10.2 Å². The molecule has 144 valence electrons. The molecular weight excluding hydrogens is 406 g/mol. The van der Waals surface area contributed by atoms with Crippen LogP contribution < -0.4 is 5.32 Å². The summed E-state index contributed by atoms with van der Waals surface area (Å²) < 4.78 is 9.75. The minimum absolute atomic E-state index is 0.125. The Bertz CT molecular complexity index is 1020. The molecule has 0 saturated carbocycles. The molecule has 0 aliphatic rings. The van der Waals surface area contributed by atoms with Crippen molar-refractivity contribution in [2.45, 2.75) is 0 Å². The maximum atomic E-state index is 12.3. The van der Waals surface area contributed by atoms with Gasteiger partial charge in [0.25, 0.3) is 5.91 Å². The highest BCUT2D eigenvalue weighted by atomic mass is 35.5. The highest BCUT2D eigenvalue weighted by Crippen LogP contribution is 2.39. The number of amides is 1. The van der Waals surface area contributed by atoms with Crippen molar-refractivity contribution in [3.05, 3.63) is 58.2 Å². The van der Waals surface area contributed by atoms with E-state index in [0.717, 1.165) is 11.3 Å². The van der Waals surface area contributed by atoms with Gasteiger partial charge in [-0.1, -0.05) is 29.8 Å². The lowest BCUT2D eigenvalue weighted by Gasteiger charge is -2.09. The average molecular weight is 420 g/mol. The molecule has 1 amide bonds. The predicted molar refractivity (Wildman–Crippen MR) is 104 cm³/mol. The zero-order valence-corrected chi connectivity index (χ0v) is 16.1. The Balaban J connectivity index is 1.78. The third-order valence-electron chi connectivity index (χ3n) is 3.65. The molecule has 0 saturated heterocycles. The number of thiophene rings is 1. The number of aromatic nitrogens is 2. The summed E-state index contributed by atoms with van der Waals surface area (Å²) in [6, 6.07) is 8.43. The number of aromatic amines is 1. The van der Waals surface area contributed by atoms with Gasteiger partial charge in [-0.2, -0.15) is 5.10 Å². The van der Waals surface area contributed by atoms with Crippen LogP contribution in [0.3, 0.4) is 0 Å².